The molecule has 10 heteroatoms. The normalized spacial score (nSPS) is 12.4. The summed E-state index contributed by atoms with van der Waals surface area (Å²) in [6, 6.07) is 19.0. The molecule has 0 radical (unpaired) electrons. The molecule has 0 fully saturated rings. The van der Waals surface area contributed by atoms with Gasteiger partial charge in [-0.25, -0.2) is 4.39 Å². The molecule has 8 nitrogen and oxygen atoms in total. The van der Waals surface area contributed by atoms with Crippen molar-refractivity contribution >= 4 is 55.3 Å². The van der Waals surface area contributed by atoms with E-state index < -0.39 is 30.4 Å². The Morgan fingerprint density at radius 3 is 2.26 bits per heavy atom. The second kappa shape index (κ2) is 15.4. The van der Waals surface area contributed by atoms with E-state index in [1.54, 1.807) is 36.7 Å². The Balaban J connectivity index is 0.00000323. The summed E-state index contributed by atoms with van der Waals surface area (Å²) in [5, 5.41) is 32.7. The van der Waals surface area contributed by atoms with Gasteiger partial charge in [0.05, 0.1) is 41.8 Å². The van der Waals surface area contributed by atoms with Gasteiger partial charge in [-0.15, -0.1) is 0 Å². The molecule has 4 rings (SSSR count). The third-order valence-electron chi connectivity index (χ3n) is 6.82. The van der Waals surface area contributed by atoms with Gasteiger partial charge in [0.2, 0.25) is 0 Å². The molecule has 0 saturated carbocycles. The monoisotopic (exact) mass is 601 g/mol. The quantitative estimate of drug-likeness (QED) is 0.158. The molecule has 0 bridgehead atoms. The minimum absolute atomic E-state index is 0. The summed E-state index contributed by atoms with van der Waals surface area (Å²) in [5.74, 6) is -2.00. The second-order valence-electron chi connectivity index (χ2n) is 10.3. The number of nitrogens with one attached hydrogen (secondary N) is 1. The number of halogens is 1. The first kappa shape index (κ1) is 33.4. The third-order valence-corrected chi connectivity index (χ3v) is 6.82. The number of carboxylic acid groups (broad SMARTS) is 1. The average Bonchev–Trinajstić information content (AvgIpc) is 3.28. The number of aliphatic carboxylic acids is 1. The Morgan fingerprint density at radius 1 is 0.976 bits per heavy atom. The summed E-state index contributed by atoms with van der Waals surface area (Å²) in [7, 11) is 0. The van der Waals surface area contributed by atoms with E-state index in [-0.39, 0.29) is 71.8 Å². The van der Waals surface area contributed by atoms with E-state index in [1.807, 2.05) is 48.7 Å². The maximum absolute atomic E-state index is 14.0. The Labute approximate surface area is 277 Å². The number of aliphatic hydroxyl groups excluding tert-OH is 2. The minimum Gasteiger partial charge on any atom is -1.00 e. The van der Waals surface area contributed by atoms with Crippen LogP contribution in [0.15, 0.2) is 79.1 Å². The van der Waals surface area contributed by atoms with Crippen molar-refractivity contribution in [3.8, 4) is 22.4 Å². The van der Waals surface area contributed by atoms with Crippen LogP contribution in [-0.4, -0.2) is 86.7 Å². The number of hydrogen-bond donors (Lipinski definition) is 4. The van der Waals surface area contributed by atoms with E-state index in [0.717, 1.165) is 11.3 Å². The second-order valence-corrected chi connectivity index (χ2v) is 10.3. The van der Waals surface area contributed by atoms with Gasteiger partial charge < -0.3 is 28.1 Å². The van der Waals surface area contributed by atoms with E-state index in [9.17, 15) is 24.2 Å². The van der Waals surface area contributed by atoms with Crippen molar-refractivity contribution in [2.45, 2.75) is 57.8 Å². The van der Waals surface area contributed by atoms with Gasteiger partial charge in [-0.1, -0.05) is 44.2 Å². The van der Waals surface area contributed by atoms with Crippen molar-refractivity contribution in [3.63, 3.8) is 0 Å². The number of amides is 1. The molecule has 2 aromatic heterocycles. The first-order valence-electron chi connectivity index (χ1n) is 13.5. The van der Waals surface area contributed by atoms with E-state index in [0.29, 0.717) is 28.1 Å². The zero-order valence-corrected chi connectivity index (χ0v) is 25.9. The van der Waals surface area contributed by atoms with Crippen LogP contribution < -0.4 is 5.32 Å². The van der Waals surface area contributed by atoms with Crippen LogP contribution in [-0.2, 0) is 11.3 Å². The Kier molecular flexibility index (Phi) is 12.3. The fraction of sp³-hybridized carbons (Fsp3) is 0.281. The van der Waals surface area contributed by atoms with Crippen molar-refractivity contribution in [2.24, 2.45) is 0 Å². The number of carboxylic acids is 1. The van der Waals surface area contributed by atoms with Gasteiger partial charge in [0, 0.05) is 24.0 Å². The number of rotatable bonds is 12. The van der Waals surface area contributed by atoms with Crippen LogP contribution >= 0.6 is 0 Å². The Bertz CT molecular complexity index is 1490. The van der Waals surface area contributed by atoms with Crippen molar-refractivity contribution in [3.05, 3.63) is 96.2 Å². The van der Waals surface area contributed by atoms with Gasteiger partial charge >= 0.3 is 43.7 Å². The van der Waals surface area contributed by atoms with Gasteiger partial charge in [0.25, 0.3) is 5.91 Å². The van der Waals surface area contributed by atoms with Crippen LogP contribution in [0.2, 0.25) is 0 Å². The van der Waals surface area contributed by atoms with Crippen LogP contribution in [0.5, 0.6) is 0 Å². The standard InChI is InChI=1S/C32H34FN3O5.Ca.2H/c1-20(2)30-29(32(41)35-24-9-6-15-34-19-24)28(21-7-4-3-5-8-21)31(22-10-12-23(33)13-11-22)36(30)16-14-25(37)17-26(38)18-27(39)40;;;/h3-13,15,19-20,25-26,37-38H,14,16-18H2,1-2H3,(H,35,41)(H,39,40);;;/q;+2;2*-1/t25-,26-;;;/m1.../s1. The molecule has 0 saturated heterocycles. The average molecular weight is 602 g/mol. The van der Waals surface area contributed by atoms with Crippen LogP contribution in [0.25, 0.3) is 22.4 Å². The molecule has 2 atom stereocenters. The minimum atomic E-state index is -1.19. The third kappa shape index (κ3) is 8.26. The summed E-state index contributed by atoms with van der Waals surface area (Å²) in [4.78, 5) is 29.1. The number of carbonyl (C=O) groups is 2. The molecule has 2 aromatic carbocycles. The number of hydrogen-bond acceptors (Lipinski definition) is 5. The van der Waals surface area contributed by atoms with E-state index >= 15 is 0 Å². The van der Waals surface area contributed by atoms with E-state index in [2.05, 4.69) is 10.3 Å². The number of aromatic nitrogens is 2. The van der Waals surface area contributed by atoms with E-state index in [4.69, 9.17) is 5.11 Å². The fourth-order valence-corrected chi connectivity index (χ4v) is 5.12. The van der Waals surface area contributed by atoms with Gasteiger partial charge in [0.1, 0.15) is 5.82 Å². The number of carbonyl (C=O) groups excluding carboxylic acids is 1. The topological polar surface area (TPSA) is 125 Å². The molecule has 0 unspecified atom stereocenters. The molecular weight excluding hydrogens is 565 g/mol. The first-order valence-corrected chi connectivity index (χ1v) is 13.5. The SMILES string of the molecule is CC(C)c1c(C(=O)Nc2cccnc2)c(-c2ccccc2)c(-c2ccc(F)cc2)n1CC[C@@H](O)C[C@@H](O)CC(=O)O.[Ca+2].[H-].[H-]. The van der Waals surface area contributed by atoms with Gasteiger partial charge in [0.15, 0.2) is 0 Å². The number of pyridine rings is 1. The van der Waals surface area contributed by atoms with Crippen molar-refractivity contribution in [1.82, 2.24) is 9.55 Å². The fourth-order valence-electron chi connectivity index (χ4n) is 5.12. The number of nitrogens with zero attached hydrogens (tertiary/aromatic N) is 2. The molecule has 0 aliphatic rings. The summed E-state index contributed by atoms with van der Waals surface area (Å²) in [6.07, 6.45) is 0.635. The summed E-state index contributed by atoms with van der Waals surface area (Å²) in [5.41, 5.74) is 4.55. The first-order chi connectivity index (χ1) is 19.7. The van der Waals surface area contributed by atoms with Crippen LogP contribution in [0.3, 0.4) is 0 Å². The predicted octanol–water partition coefficient (Wildman–Crippen LogP) is 5.55. The zero-order valence-electron chi connectivity index (χ0n) is 25.7. The zero-order chi connectivity index (χ0) is 29.5. The molecule has 218 valence electrons. The molecule has 0 aliphatic heterocycles. The van der Waals surface area contributed by atoms with Crippen molar-refractivity contribution in [2.75, 3.05) is 5.32 Å². The Morgan fingerprint density at radius 2 is 1.67 bits per heavy atom. The van der Waals surface area contributed by atoms with Crippen LogP contribution in [0.4, 0.5) is 10.1 Å². The van der Waals surface area contributed by atoms with Gasteiger partial charge in [-0.05, 0) is 66.3 Å². The number of anilines is 1. The molecule has 2 heterocycles. The molecular formula is C32H36CaFN3O5. The van der Waals surface area contributed by atoms with Crippen molar-refractivity contribution in [1.29, 1.82) is 0 Å². The smallest absolute Gasteiger partial charge is 1.00 e. The largest absolute Gasteiger partial charge is 2.00 e. The Hall–Kier alpha value is -3.08. The summed E-state index contributed by atoms with van der Waals surface area (Å²) >= 11 is 0. The van der Waals surface area contributed by atoms with Crippen LogP contribution in [0, 0.1) is 5.82 Å². The predicted molar refractivity (Wildman–Crippen MR) is 163 cm³/mol. The molecule has 0 spiro atoms. The molecule has 42 heavy (non-hydrogen) atoms. The van der Waals surface area contributed by atoms with Gasteiger partial charge in [-0.2, -0.15) is 0 Å². The van der Waals surface area contributed by atoms with Gasteiger partial charge in [-0.3, -0.25) is 14.6 Å². The summed E-state index contributed by atoms with van der Waals surface area (Å²) < 4.78 is 16.0. The van der Waals surface area contributed by atoms with E-state index in [1.165, 1.54) is 12.1 Å². The maximum atomic E-state index is 14.0. The molecule has 4 aromatic rings. The molecule has 4 N–H and O–H groups in total. The number of benzene rings is 2. The molecule has 0 aliphatic carbocycles. The summed E-state index contributed by atoms with van der Waals surface area (Å²) in [6.45, 7) is 4.22. The van der Waals surface area contributed by atoms with Crippen molar-refractivity contribution < 1.29 is 32.2 Å². The maximum Gasteiger partial charge on any atom is 2.00 e. The molecule has 1 amide bonds. The number of aliphatic hydroxyl groups is 2. The van der Waals surface area contributed by atoms with Crippen LogP contribution in [0.1, 0.15) is 57.9 Å².